The van der Waals surface area contributed by atoms with Crippen LogP contribution in [-0.4, -0.2) is 66.4 Å². The van der Waals surface area contributed by atoms with Crippen molar-refractivity contribution >= 4 is 11.7 Å². The molecule has 10 heteroatoms. The second kappa shape index (κ2) is 9.53. The molecular weight excluding hydrogens is 422 g/mol. The number of benzene rings is 1. The lowest BCUT2D eigenvalue weighted by atomic mass is 10.1. The van der Waals surface area contributed by atoms with Crippen LogP contribution in [-0.2, 0) is 17.9 Å². The summed E-state index contributed by atoms with van der Waals surface area (Å²) < 4.78 is 3.52. The molecule has 0 radical (unpaired) electrons. The summed E-state index contributed by atoms with van der Waals surface area (Å²) in [7, 11) is 0. The van der Waals surface area contributed by atoms with Gasteiger partial charge in [-0.2, -0.15) is 9.78 Å². The average molecular weight is 452 g/mol. The minimum absolute atomic E-state index is 0.0523. The molecule has 3 heterocycles. The minimum Gasteiger partial charge on any atom is -0.358 e. The number of aryl methyl sites for hydroxylation is 3. The molecule has 1 amide bonds. The molecule has 0 unspecified atom stereocenters. The number of carbonyl (C=O) groups excluding carboxylic acids is 1. The third-order valence-electron chi connectivity index (χ3n) is 6.24. The number of nitro groups is 1. The molecule has 0 atom stereocenters. The molecule has 1 fully saturated rings. The van der Waals surface area contributed by atoms with Crippen LogP contribution in [0.25, 0.3) is 5.69 Å². The van der Waals surface area contributed by atoms with Gasteiger partial charge >= 0.3 is 5.82 Å². The predicted molar refractivity (Wildman–Crippen MR) is 123 cm³/mol. The summed E-state index contributed by atoms with van der Waals surface area (Å²) >= 11 is 0. The van der Waals surface area contributed by atoms with Crippen LogP contribution in [0.4, 0.5) is 5.82 Å². The largest absolute Gasteiger partial charge is 0.390 e. The smallest absolute Gasteiger partial charge is 0.358 e. The third-order valence-corrected chi connectivity index (χ3v) is 6.24. The number of para-hydroxylation sites is 1. The van der Waals surface area contributed by atoms with Crippen LogP contribution < -0.4 is 0 Å². The third kappa shape index (κ3) is 4.95. The highest BCUT2D eigenvalue weighted by atomic mass is 16.6. The molecule has 174 valence electrons. The van der Waals surface area contributed by atoms with Crippen molar-refractivity contribution in [2.75, 3.05) is 26.2 Å². The molecule has 2 aromatic heterocycles. The van der Waals surface area contributed by atoms with E-state index >= 15 is 0 Å². The number of aromatic nitrogens is 4. The maximum absolute atomic E-state index is 12.7. The highest BCUT2D eigenvalue weighted by Crippen LogP contribution is 2.20. The van der Waals surface area contributed by atoms with Crippen molar-refractivity contribution in [2.45, 2.75) is 40.3 Å². The van der Waals surface area contributed by atoms with Gasteiger partial charge < -0.3 is 15.0 Å². The fraction of sp³-hybridized carbons (Fsp3) is 0.435. The lowest BCUT2D eigenvalue weighted by Crippen LogP contribution is -2.48. The van der Waals surface area contributed by atoms with E-state index < -0.39 is 4.92 Å². The van der Waals surface area contributed by atoms with Gasteiger partial charge in [0.15, 0.2) is 0 Å². The average Bonchev–Trinajstić information content (AvgIpc) is 3.33. The summed E-state index contributed by atoms with van der Waals surface area (Å²) in [6.45, 7) is 9.99. The number of nitrogens with zero attached hydrogens (tertiary/aromatic N) is 7. The minimum atomic E-state index is -0.516. The lowest BCUT2D eigenvalue weighted by Gasteiger charge is -2.34. The first-order valence-corrected chi connectivity index (χ1v) is 11.1. The van der Waals surface area contributed by atoms with Crippen LogP contribution in [0.15, 0.2) is 36.4 Å². The maximum atomic E-state index is 12.7. The Bertz CT molecular complexity index is 1140. The van der Waals surface area contributed by atoms with Crippen LogP contribution in [0.3, 0.4) is 0 Å². The fourth-order valence-electron chi connectivity index (χ4n) is 4.27. The summed E-state index contributed by atoms with van der Waals surface area (Å²) in [5.41, 5.74) is 5.13. The molecule has 0 spiro atoms. The van der Waals surface area contributed by atoms with E-state index in [9.17, 15) is 14.9 Å². The van der Waals surface area contributed by atoms with Crippen molar-refractivity contribution in [3.8, 4) is 5.69 Å². The summed E-state index contributed by atoms with van der Waals surface area (Å²) in [6, 6.07) is 11.5. The second-order valence-corrected chi connectivity index (χ2v) is 8.43. The Morgan fingerprint density at radius 1 is 1.06 bits per heavy atom. The molecular formula is C23H29N7O3. The van der Waals surface area contributed by atoms with Crippen LogP contribution in [0.5, 0.6) is 0 Å². The van der Waals surface area contributed by atoms with Crippen molar-refractivity contribution in [1.29, 1.82) is 0 Å². The van der Waals surface area contributed by atoms with E-state index in [1.165, 1.54) is 16.3 Å². The molecule has 1 saturated heterocycles. The number of hydrogen-bond donors (Lipinski definition) is 0. The van der Waals surface area contributed by atoms with Gasteiger partial charge in [-0.1, -0.05) is 18.2 Å². The van der Waals surface area contributed by atoms with Crippen molar-refractivity contribution in [2.24, 2.45) is 0 Å². The first kappa shape index (κ1) is 22.7. The Morgan fingerprint density at radius 2 is 1.76 bits per heavy atom. The molecule has 4 rings (SSSR count). The fourth-order valence-corrected chi connectivity index (χ4v) is 4.27. The van der Waals surface area contributed by atoms with Gasteiger partial charge in [0.2, 0.25) is 5.91 Å². The standard InChI is InChI=1S/C23H29N7O3/c1-17-15-22(30(32)33)25-28(17)10-9-23(31)27-13-11-26(12-14-27)16-21-18(2)24-29(19(21)3)20-7-5-4-6-8-20/h4-8,15H,9-14,16H2,1-3H3. The first-order chi connectivity index (χ1) is 15.8. The van der Waals surface area contributed by atoms with Crippen LogP contribution in [0.2, 0.25) is 0 Å². The van der Waals surface area contributed by atoms with Crippen molar-refractivity contribution in [3.63, 3.8) is 0 Å². The van der Waals surface area contributed by atoms with Gasteiger partial charge in [0.05, 0.1) is 34.8 Å². The van der Waals surface area contributed by atoms with Crippen LogP contribution in [0.1, 0.15) is 29.1 Å². The van der Waals surface area contributed by atoms with E-state index in [1.54, 1.807) is 6.92 Å². The first-order valence-electron chi connectivity index (χ1n) is 11.1. The molecule has 1 aliphatic rings. The molecule has 0 aliphatic carbocycles. The Labute approximate surface area is 192 Å². The molecule has 0 N–H and O–H groups in total. The Kier molecular flexibility index (Phi) is 6.55. The molecule has 0 bridgehead atoms. The van der Waals surface area contributed by atoms with Crippen LogP contribution >= 0.6 is 0 Å². The molecule has 10 nitrogen and oxygen atoms in total. The molecule has 3 aromatic rings. The number of piperazine rings is 1. The van der Waals surface area contributed by atoms with Gasteiger partial charge in [-0.25, -0.2) is 4.68 Å². The van der Waals surface area contributed by atoms with Crippen molar-refractivity contribution < 1.29 is 9.72 Å². The van der Waals surface area contributed by atoms with Crippen molar-refractivity contribution in [3.05, 3.63) is 69.2 Å². The number of amides is 1. The zero-order chi connectivity index (χ0) is 23.5. The number of rotatable bonds is 7. The van der Waals surface area contributed by atoms with E-state index in [1.807, 2.05) is 34.7 Å². The summed E-state index contributed by atoms with van der Waals surface area (Å²) in [5.74, 6) is -0.133. The van der Waals surface area contributed by atoms with Gasteiger partial charge in [0, 0.05) is 50.4 Å². The zero-order valence-electron chi connectivity index (χ0n) is 19.3. The van der Waals surface area contributed by atoms with Gasteiger partial charge in [0.25, 0.3) is 0 Å². The summed E-state index contributed by atoms with van der Waals surface area (Å²) in [6.07, 6.45) is 0.280. The second-order valence-electron chi connectivity index (χ2n) is 8.43. The highest BCUT2D eigenvalue weighted by Gasteiger charge is 2.24. The van der Waals surface area contributed by atoms with Crippen LogP contribution in [0, 0.1) is 30.9 Å². The Morgan fingerprint density at radius 3 is 2.39 bits per heavy atom. The van der Waals surface area contributed by atoms with Gasteiger partial charge in [-0.3, -0.25) is 9.69 Å². The number of carbonyl (C=O) groups is 1. The van der Waals surface area contributed by atoms with E-state index in [4.69, 9.17) is 5.10 Å². The molecule has 1 aliphatic heterocycles. The SMILES string of the molecule is Cc1nn(-c2ccccc2)c(C)c1CN1CCN(C(=O)CCn2nc([N+](=O)[O-])cc2C)CC1. The zero-order valence-corrected chi connectivity index (χ0v) is 19.3. The van der Waals surface area contributed by atoms with E-state index in [-0.39, 0.29) is 18.1 Å². The van der Waals surface area contributed by atoms with E-state index in [0.717, 1.165) is 36.7 Å². The van der Waals surface area contributed by atoms with Crippen molar-refractivity contribution in [1.82, 2.24) is 29.4 Å². The quantitative estimate of drug-likeness (QED) is 0.404. The predicted octanol–water partition coefficient (Wildman–Crippen LogP) is 2.64. The Hall–Kier alpha value is -3.53. The summed E-state index contributed by atoms with van der Waals surface area (Å²) in [5, 5.41) is 19.6. The monoisotopic (exact) mass is 451 g/mol. The highest BCUT2D eigenvalue weighted by molar-refractivity contribution is 5.76. The number of hydrogen-bond acceptors (Lipinski definition) is 6. The van der Waals surface area contributed by atoms with Gasteiger partial charge in [-0.05, 0) is 37.8 Å². The Balaban J connectivity index is 1.31. The van der Waals surface area contributed by atoms with Gasteiger partial charge in [-0.15, -0.1) is 0 Å². The van der Waals surface area contributed by atoms with E-state index in [2.05, 4.69) is 29.1 Å². The maximum Gasteiger partial charge on any atom is 0.390 e. The lowest BCUT2D eigenvalue weighted by molar-refractivity contribution is -0.389. The van der Waals surface area contributed by atoms with E-state index in [0.29, 0.717) is 25.3 Å². The summed E-state index contributed by atoms with van der Waals surface area (Å²) in [4.78, 5) is 27.3. The normalized spacial score (nSPS) is 14.6. The molecule has 1 aromatic carbocycles. The van der Waals surface area contributed by atoms with Gasteiger partial charge in [0.1, 0.15) is 0 Å². The topological polar surface area (TPSA) is 102 Å². The molecule has 0 saturated carbocycles. The molecule has 33 heavy (non-hydrogen) atoms.